The zero-order valence-electron chi connectivity index (χ0n) is 39.4. The topological polar surface area (TPSA) is 483 Å². The Morgan fingerprint density at radius 3 is 1.04 bits per heavy atom. The van der Waals surface area contributed by atoms with Crippen LogP contribution in [0.15, 0.2) is 183 Å². The maximum Gasteiger partial charge on any atom is 0.305 e. The highest BCUT2D eigenvalue weighted by Crippen LogP contribution is 2.31. The van der Waals surface area contributed by atoms with Gasteiger partial charge in [0.05, 0.1) is 32.5 Å². The Kier molecular flexibility index (Phi) is 16.0. The van der Waals surface area contributed by atoms with Crippen molar-refractivity contribution in [1.29, 1.82) is 0 Å². The Morgan fingerprint density at radius 1 is 0.362 bits per heavy atom. The maximum absolute atomic E-state index is 12.9. The van der Waals surface area contributed by atoms with E-state index in [-0.39, 0.29) is 22.6 Å². The molecular weight excluding hydrogens is 1180 g/mol. The van der Waals surface area contributed by atoms with E-state index >= 15 is 0 Å². The van der Waals surface area contributed by atoms with Gasteiger partial charge in [0.2, 0.25) is 22.5 Å². The van der Waals surface area contributed by atoms with Crippen molar-refractivity contribution in [3.8, 4) is 23.5 Å². The number of hydrogen-bond donors (Lipinski definition) is 10. The second-order valence-electron chi connectivity index (χ2n) is 15.9. The third-order valence-electron chi connectivity index (χ3n) is 10.2. The number of nitrogens with one attached hydrogen (secondary N) is 4. The highest BCUT2D eigenvalue weighted by Gasteiger charge is 2.23. The Morgan fingerprint density at radius 2 is 0.713 bits per heavy atom. The Labute approximate surface area is 450 Å². The molecule has 0 saturated carbocycles. The highest BCUT2D eigenvalue weighted by atomic mass is 32.2. The predicted octanol–water partition coefficient (Wildman–Crippen LogP) is 3.95. The van der Waals surface area contributed by atoms with Crippen molar-refractivity contribution in [3.63, 3.8) is 0 Å². The molecule has 80 heavy (non-hydrogen) atoms. The van der Waals surface area contributed by atoms with E-state index in [0.717, 1.165) is 24.3 Å². The second kappa shape index (κ2) is 22.2. The zero-order valence-corrected chi connectivity index (χ0v) is 44.3. The lowest BCUT2D eigenvalue weighted by atomic mass is 10.1. The van der Waals surface area contributed by atoms with Gasteiger partial charge in [0, 0.05) is 0 Å². The van der Waals surface area contributed by atoms with Crippen LogP contribution in [0, 0.1) is 0 Å². The summed E-state index contributed by atoms with van der Waals surface area (Å²) in [5.74, 6) is 0.326. The molecule has 0 spiro atoms. The Hall–Kier alpha value is -8.66. The van der Waals surface area contributed by atoms with Gasteiger partial charge in [0.1, 0.15) is 31.1 Å². The number of aromatic amines is 4. The van der Waals surface area contributed by atoms with Gasteiger partial charge >= 0.3 is 12.0 Å². The van der Waals surface area contributed by atoms with E-state index in [4.69, 9.17) is 9.47 Å². The van der Waals surface area contributed by atoms with Crippen molar-refractivity contribution >= 4 is 95.6 Å². The number of ether oxygens (including phenoxy) is 2. The van der Waals surface area contributed by atoms with Gasteiger partial charge in [-0.15, -0.1) is 0 Å². The summed E-state index contributed by atoms with van der Waals surface area (Å²) < 4.78 is 219. The first-order valence-corrected chi connectivity index (χ1v) is 30.1. The first-order chi connectivity index (χ1) is 37.3. The van der Waals surface area contributed by atoms with Gasteiger partial charge in [0.25, 0.3) is 60.7 Å². The maximum atomic E-state index is 12.9. The lowest BCUT2D eigenvalue weighted by Crippen LogP contribution is -2.27. The number of para-hydroxylation sites is 2. The number of H-pyrrole nitrogens is 4. The molecule has 0 saturated heterocycles. The summed E-state index contributed by atoms with van der Waals surface area (Å²) in [4.78, 5) is 29.6. The minimum Gasteiger partial charge on any atom is -0.426 e. The average Bonchev–Trinajstić information content (AvgIpc) is 3.38. The molecule has 0 unspecified atom stereocenters. The van der Waals surface area contributed by atoms with Gasteiger partial charge in [-0.25, -0.2) is 20.0 Å². The van der Waals surface area contributed by atoms with Crippen molar-refractivity contribution in [2.75, 3.05) is 0 Å². The number of benzene rings is 6. The average molecular weight is 1220 g/mol. The lowest BCUT2D eigenvalue weighted by molar-refractivity contribution is 0.431. The standard InChI is InChI=1S/C44H34N10O20S6/c55-75(56,57)29-15-19-35(77(61,62)63)33(23-29)47-41-49-39(51-43(53-41)73-27-7-3-1-4-8-27)45-31-17-13-25(21-37(31)79(67,68)69)11-12-26-14-18-32(38(22-26)80(70,71)72)46-40-50-42(54-44(52-40)74-28-9-5-2-6-10-28)48-34-24-30(76(58,59)60)16-20-36(34)78(64,65)66/h1-24H,(H,55,56,57)(H,58,59,60)(H,61,62,63)(H,64,65,66)(H,67,68,69)(H,70,71,72)(H2,45,47,49,51,53)(H2,46,48,50,52,54)/b12-11+. The molecule has 0 aliphatic carbocycles. The van der Waals surface area contributed by atoms with Gasteiger partial charge in [-0.1, -0.05) is 60.7 Å². The minimum atomic E-state index is -5.17. The molecule has 36 heteroatoms. The van der Waals surface area contributed by atoms with Crippen LogP contribution in [0.5, 0.6) is 23.5 Å². The van der Waals surface area contributed by atoms with Crippen LogP contribution in [0.2, 0.25) is 0 Å². The van der Waals surface area contributed by atoms with Crippen LogP contribution in [0.4, 0.5) is 22.7 Å². The van der Waals surface area contributed by atoms with Crippen LogP contribution in [0.25, 0.3) is 12.2 Å². The lowest BCUT2D eigenvalue weighted by Gasteiger charge is -2.07. The Bertz CT molecular complexity index is 4530. The second-order valence-corrected chi connectivity index (χ2v) is 24.3. The van der Waals surface area contributed by atoms with E-state index in [0.29, 0.717) is 36.4 Å². The van der Waals surface area contributed by atoms with Crippen LogP contribution in [0.1, 0.15) is 11.1 Å². The molecule has 0 aliphatic heterocycles. The molecule has 0 amide bonds. The molecule has 8 aromatic rings. The molecule has 0 radical (unpaired) electrons. The number of nitrogens with zero attached hydrogens (tertiary/aromatic N) is 6. The van der Waals surface area contributed by atoms with Crippen molar-refractivity contribution in [2.24, 2.45) is 20.0 Å². The van der Waals surface area contributed by atoms with Crippen LogP contribution in [-0.2, 0) is 60.7 Å². The van der Waals surface area contributed by atoms with Crippen molar-refractivity contribution in [3.05, 3.63) is 167 Å². The molecule has 0 fully saturated rings. The normalized spacial score (nSPS) is 13.7. The van der Waals surface area contributed by atoms with Gasteiger partial charge in [0.15, 0.2) is 0 Å². The molecule has 10 N–H and O–H groups in total. The van der Waals surface area contributed by atoms with Crippen LogP contribution in [-0.4, -0.2) is 108 Å². The molecule has 416 valence electrons. The van der Waals surface area contributed by atoms with Crippen molar-refractivity contribution in [1.82, 2.24) is 29.9 Å². The minimum absolute atomic E-state index is 0.0261. The largest absolute Gasteiger partial charge is 0.426 e. The van der Waals surface area contributed by atoms with Gasteiger partial charge in [-0.05, 0) is 96.1 Å². The molecule has 0 bridgehead atoms. The van der Waals surface area contributed by atoms with E-state index in [1.54, 1.807) is 36.4 Å². The fourth-order valence-corrected chi connectivity index (χ4v) is 10.3. The summed E-state index contributed by atoms with van der Waals surface area (Å²) in [7, 11) is -30.4. The van der Waals surface area contributed by atoms with Crippen LogP contribution in [0.3, 0.4) is 0 Å². The SMILES string of the molecule is O=S(=O)(O)c1ccc(S(=O)(=O)O)c(N=c2[nH]c(Oc3ccccc3)nc(=Nc3ccc(/C=C/c4ccc(N=c5nc(Oc6ccccc6)[nH]c(=Nc6cc(S(=O)(=O)O)ccc6S(=O)(=O)O)[nH]5)c(S(=O)(=O)O)c4)cc3S(=O)(=O)O)[nH]2)c1. The predicted molar refractivity (Wildman–Crippen MR) is 273 cm³/mol. The summed E-state index contributed by atoms with van der Waals surface area (Å²) in [6.07, 6.45) is 2.50. The first-order valence-electron chi connectivity index (χ1n) is 21.5. The number of aromatic nitrogens is 6. The van der Waals surface area contributed by atoms with E-state index in [1.807, 2.05) is 0 Å². The van der Waals surface area contributed by atoms with Gasteiger partial charge < -0.3 is 9.47 Å². The molecule has 2 aromatic heterocycles. The number of rotatable bonds is 16. The summed E-state index contributed by atoms with van der Waals surface area (Å²) in [5, 5.41) is 0. The van der Waals surface area contributed by atoms with Gasteiger partial charge in [-0.3, -0.25) is 47.3 Å². The monoisotopic (exact) mass is 1210 g/mol. The molecule has 2 heterocycles. The molecule has 30 nitrogen and oxygen atoms in total. The summed E-state index contributed by atoms with van der Waals surface area (Å²) in [5.41, 5.74) is -4.56. The Balaban J connectivity index is 1.21. The molecule has 0 aliphatic rings. The molecule has 8 rings (SSSR count). The quantitative estimate of drug-likeness (QED) is 0.0483. The summed E-state index contributed by atoms with van der Waals surface area (Å²) in [6.45, 7) is 0. The van der Waals surface area contributed by atoms with Crippen LogP contribution < -0.4 is 31.9 Å². The summed E-state index contributed by atoms with van der Waals surface area (Å²) >= 11 is 0. The van der Waals surface area contributed by atoms with Crippen LogP contribution >= 0.6 is 0 Å². The third kappa shape index (κ3) is 14.7. The molecular formula is C44H34N10O20S6. The van der Waals surface area contributed by atoms with Gasteiger partial charge in [-0.2, -0.15) is 60.5 Å². The van der Waals surface area contributed by atoms with Crippen molar-refractivity contribution < 1.29 is 87.3 Å². The fraction of sp³-hybridized carbons (Fsp3) is 0. The fourth-order valence-electron chi connectivity index (χ4n) is 6.75. The molecule has 6 aromatic carbocycles. The first kappa shape index (κ1) is 57.5. The third-order valence-corrected chi connectivity index (χ3v) is 15.4. The van der Waals surface area contributed by atoms with E-state index in [9.17, 15) is 77.8 Å². The number of hydrogen-bond acceptors (Lipinski definition) is 20. The molecule has 0 atom stereocenters. The smallest absolute Gasteiger partial charge is 0.305 e. The zero-order chi connectivity index (χ0) is 58.0. The van der Waals surface area contributed by atoms with E-state index < -0.39 is 147 Å². The van der Waals surface area contributed by atoms with E-state index in [1.165, 1.54) is 48.6 Å². The highest BCUT2D eigenvalue weighted by molar-refractivity contribution is 7.87. The van der Waals surface area contributed by atoms with E-state index in [2.05, 4.69) is 49.9 Å². The van der Waals surface area contributed by atoms with Crippen molar-refractivity contribution in [2.45, 2.75) is 29.4 Å². The summed E-state index contributed by atoms with van der Waals surface area (Å²) in [6, 6.07) is 25.2.